The molecule has 3 N–H and O–H groups in total. The molecule has 0 bridgehead atoms. The molecule has 1 aromatic carbocycles. The van der Waals surface area contributed by atoms with Gasteiger partial charge in [0.15, 0.2) is 0 Å². The second kappa shape index (κ2) is 6.06. The van der Waals surface area contributed by atoms with Crippen LogP contribution in [0.25, 0.3) is 0 Å². The summed E-state index contributed by atoms with van der Waals surface area (Å²) in [7, 11) is 0. The normalized spacial score (nSPS) is 14.7. The van der Waals surface area contributed by atoms with Crippen molar-refractivity contribution in [3.8, 4) is 0 Å². The van der Waals surface area contributed by atoms with E-state index in [0.717, 1.165) is 24.7 Å². The van der Waals surface area contributed by atoms with Gasteiger partial charge in [0.05, 0.1) is 0 Å². The molecule has 1 amide bonds. The van der Waals surface area contributed by atoms with Crippen LogP contribution in [0.5, 0.6) is 0 Å². The van der Waals surface area contributed by atoms with Gasteiger partial charge in [-0.15, -0.1) is 0 Å². The molecule has 1 saturated carbocycles. The molecular formula is C15H23N3O. The highest BCUT2D eigenvalue weighted by Crippen LogP contribution is 2.25. The van der Waals surface area contributed by atoms with Crippen LogP contribution < -0.4 is 11.1 Å². The van der Waals surface area contributed by atoms with Crippen molar-refractivity contribution in [2.45, 2.75) is 32.7 Å². The maximum atomic E-state index is 12.0. The Hall–Kier alpha value is -1.55. The van der Waals surface area contributed by atoms with Gasteiger partial charge in [0.2, 0.25) is 0 Å². The van der Waals surface area contributed by atoms with Crippen LogP contribution in [0.3, 0.4) is 0 Å². The van der Waals surface area contributed by atoms with E-state index in [-0.39, 0.29) is 5.91 Å². The van der Waals surface area contributed by atoms with Crippen LogP contribution in [-0.4, -0.2) is 36.5 Å². The number of carbonyl (C=O) groups excluding carboxylic acids is 1. The van der Waals surface area contributed by atoms with E-state index in [9.17, 15) is 4.79 Å². The Morgan fingerprint density at radius 1 is 1.42 bits per heavy atom. The first-order valence-corrected chi connectivity index (χ1v) is 6.99. The summed E-state index contributed by atoms with van der Waals surface area (Å²) in [5.74, 6) is -0.0396. The molecule has 0 unspecified atom stereocenters. The average molecular weight is 261 g/mol. The van der Waals surface area contributed by atoms with E-state index >= 15 is 0 Å². The highest BCUT2D eigenvalue weighted by Gasteiger charge is 2.27. The summed E-state index contributed by atoms with van der Waals surface area (Å²) >= 11 is 0. The lowest BCUT2D eigenvalue weighted by Crippen LogP contribution is -2.36. The number of anilines is 1. The Bertz CT molecular complexity index is 434. The van der Waals surface area contributed by atoms with E-state index in [0.29, 0.717) is 17.8 Å². The van der Waals surface area contributed by atoms with Crippen molar-refractivity contribution in [3.63, 3.8) is 0 Å². The van der Waals surface area contributed by atoms with Gasteiger partial charge >= 0.3 is 0 Å². The van der Waals surface area contributed by atoms with Crippen molar-refractivity contribution in [2.75, 3.05) is 25.4 Å². The summed E-state index contributed by atoms with van der Waals surface area (Å²) in [6, 6.07) is 6.20. The maximum absolute atomic E-state index is 12.0. The number of aryl methyl sites for hydroxylation is 1. The predicted molar refractivity (Wildman–Crippen MR) is 78.2 cm³/mol. The van der Waals surface area contributed by atoms with E-state index in [4.69, 9.17) is 5.73 Å². The number of nitrogens with one attached hydrogen (secondary N) is 1. The van der Waals surface area contributed by atoms with Crippen LogP contribution in [0.4, 0.5) is 5.69 Å². The van der Waals surface area contributed by atoms with E-state index in [2.05, 4.69) is 17.1 Å². The molecule has 4 heteroatoms. The quantitative estimate of drug-likeness (QED) is 0.768. The molecule has 0 saturated heterocycles. The molecular weight excluding hydrogens is 238 g/mol. The van der Waals surface area contributed by atoms with Gasteiger partial charge in [-0.25, -0.2) is 0 Å². The minimum absolute atomic E-state index is 0.0396. The molecule has 19 heavy (non-hydrogen) atoms. The van der Waals surface area contributed by atoms with Crippen LogP contribution in [0, 0.1) is 6.92 Å². The topological polar surface area (TPSA) is 58.4 Å². The summed E-state index contributed by atoms with van der Waals surface area (Å²) in [5, 5.41) is 2.96. The highest BCUT2D eigenvalue weighted by atomic mass is 16.1. The van der Waals surface area contributed by atoms with Crippen molar-refractivity contribution >= 4 is 11.6 Å². The number of hydrogen-bond donors (Lipinski definition) is 2. The highest BCUT2D eigenvalue weighted by molar-refractivity contribution is 5.95. The zero-order valence-corrected chi connectivity index (χ0v) is 11.8. The molecule has 0 atom stereocenters. The molecule has 104 valence electrons. The summed E-state index contributed by atoms with van der Waals surface area (Å²) in [6.07, 6.45) is 2.60. The molecule has 0 radical (unpaired) electrons. The number of carbonyl (C=O) groups is 1. The number of likely N-dealkylation sites (N-methyl/N-ethyl adjacent to an activating group) is 1. The van der Waals surface area contributed by atoms with Crippen LogP contribution in [0.1, 0.15) is 35.7 Å². The molecule has 0 aliphatic heterocycles. The fourth-order valence-electron chi connectivity index (χ4n) is 2.40. The Morgan fingerprint density at radius 3 is 2.74 bits per heavy atom. The average Bonchev–Trinajstić information content (AvgIpc) is 3.17. The van der Waals surface area contributed by atoms with Crippen LogP contribution >= 0.6 is 0 Å². The van der Waals surface area contributed by atoms with Crippen LogP contribution in [0.2, 0.25) is 0 Å². The lowest BCUT2D eigenvalue weighted by molar-refractivity contribution is 0.0948. The molecule has 1 aliphatic carbocycles. The second-order valence-electron chi connectivity index (χ2n) is 5.25. The summed E-state index contributed by atoms with van der Waals surface area (Å²) in [6.45, 7) is 6.78. The molecule has 0 spiro atoms. The summed E-state index contributed by atoms with van der Waals surface area (Å²) in [4.78, 5) is 14.4. The summed E-state index contributed by atoms with van der Waals surface area (Å²) in [5.41, 5.74) is 8.05. The number of nitrogens with two attached hydrogens (primary N) is 1. The van der Waals surface area contributed by atoms with Crippen molar-refractivity contribution < 1.29 is 4.79 Å². The SMILES string of the molecule is CCN(CCNC(=O)c1cc(C)cc(N)c1)C1CC1. The van der Waals surface area contributed by atoms with E-state index in [1.165, 1.54) is 12.8 Å². The Morgan fingerprint density at radius 2 is 2.16 bits per heavy atom. The third-order valence-electron chi connectivity index (χ3n) is 3.52. The Kier molecular flexibility index (Phi) is 4.43. The Labute approximate surface area is 115 Å². The third-order valence-corrected chi connectivity index (χ3v) is 3.52. The van der Waals surface area contributed by atoms with Gasteiger partial charge < -0.3 is 11.1 Å². The lowest BCUT2D eigenvalue weighted by Gasteiger charge is -2.19. The number of nitrogen functional groups attached to an aromatic ring is 1. The number of hydrogen-bond acceptors (Lipinski definition) is 3. The van der Waals surface area contributed by atoms with E-state index < -0.39 is 0 Å². The maximum Gasteiger partial charge on any atom is 0.251 e. The fourth-order valence-corrected chi connectivity index (χ4v) is 2.40. The van der Waals surface area contributed by atoms with Crippen molar-refractivity contribution in [3.05, 3.63) is 29.3 Å². The first kappa shape index (κ1) is 13.9. The minimum atomic E-state index is -0.0396. The van der Waals surface area contributed by atoms with Crippen molar-refractivity contribution in [1.82, 2.24) is 10.2 Å². The van der Waals surface area contributed by atoms with Crippen molar-refractivity contribution in [2.24, 2.45) is 0 Å². The molecule has 1 aromatic rings. The van der Waals surface area contributed by atoms with Crippen molar-refractivity contribution in [1.29, 1.82) is 0 Å². The van der Waals surface area contributed by atoms with Gasteiger partial charge in [-0.1, -0.05) is 6.92 Å². The van der Waals surface area contributed by atoms with Gasteiger partial charge in [-0.3, -0.25) is 9.69 Å². The molecule has 4 nitrogen and oxygen atoms in total. The predicted octanol–water partition coefficient (Wildman–Crippen LogP) is 1.79. The molecule has 2 rings (SSSR count). The molecule has 1 aliphatic rings. The standard InChI is InChI=1S/C15H23N3O/c1-3-18(14-4-5-14)7-6-17-15(19)12-8-11(2)9-13(16)10-12/h8-10,14H,3-7,16H2,1-2H3,(H,17,19). The number of nitrogens with zero attached hydrogens (tertiary/aromatic N) is 1. The zero-order chi connectivity index (χ0) is 13.8. The van der Waals surface area contributed by atoms with E-state index in [1.54, 1.807) is 6.07 Å². The molecule has 1 fully saturated rings. The largest absolute Gasteiger partial charge is 0.399 e. The minimum Gasteiger partial charge on any atom is -0.399 e. The smallest absolute Gasteiger partial charge is 0.251 e. The number of rotatable bonds is 6. The Balaban J connectivity index is 1.83. The van der Waals surface area contributed by atoms with Gasteiger partial charge in [-0.2, -0.15) is 0 Å². The second-order valence-corrected chi connectivity index (χ2v) is 5.25. The van der Waals surface area contributed by atoms with Gasteiger partial charge in [-0.05, 0) is 50.1 Å². The lowest BCUT2D eigenvalue weighted by atomic mass is 10.1. The zero-order valence-electron chi connectivity index (χ0n) is 11.8. The monoisotopic (exact) mass is 261 g/mol. The number of amides is 1. The fraction of sp³-hybridized carbons (Fsp3) is 0.533. The van der Waals surface area contributed by atoms with E-state index in [1.807, 2.05) is 19.1 Å². The van der Waals surface area contributed by atoms with Gasteiger partial charge in [0.1, 0.15) is 0 Å². The van der Waals surface area contributed by atoms with Crippen LogP contribution in [0.15, 0.2) is 18.2 Å². The summed E-state index contributed by atoms with van der Waals surface area (Å²) < 4.78 is 0. The molecule has 0 aromatic heterocycles. The van der Waals surface area contributed by atoms with Crippen LogP contribution in [-0.2, 0) is 0 Å². The van der Waals surface area contributed by atoms with Gasteiger partial charge in [0.25, 0.3) is 5.91 Å². The van der Waals surface area contributed by atoms with Gasteiger partial charge in [0, 0.05) is 30.4 Å². The third kappa shape index (κ3) is 3.96. The molecule has 0 heterocycles. The first-order chi connectivity index (χ1) is 9.10. The number of benzene rings is 1. The first-order valence-electron chi connectivity index (χ1n) is 6.99.